The highest BCUT2D eigenvalue weighted by molar-refractivity contribution is 8.14. The summed E-state index contributed by atoms with van der Waals surface area (Å²) >= 11 is 0.491. The van der Waals surface area contributed by atoms with Crippen molar-refractivity contribution in [2.75, 3.05) is 25.4 Å². The maximum absolute atomic E-state index is 12.4. The number of hydrogen-bond donors (Lipinski definition) is 4. The van der Waals surface area contributed by atoms with Crippen molar-refractivity contribution in [3.8, 4) is 0 Å². The lowest BCUT2D eigenvalue weighted by atomic mass is 10.4. The number of thioether (sulfide) groups is 1. The number of nitrogens with zero attached hydrogens (tertiary/aromatic N) is 2. The molecule has 4 N–H and O–H groups in total. The van der Waals surface area contributed by atoms with Crippen LogP contribution in [0.2, 0.25) is 0 Å². The molecule has 1 atom stereocenters. The predicted octanol–water partition coefficient (Wildman–Crippen LogP) is -3.66. The molecule has 0 radical (unpaired) electrons. The molecule has 0 aliphatic carbocycles. The number of aliphatic carboxylic acids is 1. The quantitative estimate of drug-likeness (QED) is 0.175. The second kappa shape index (κ2) is 10.8. The first kappa shape index (κ1) is 26.0. The fourth-order valence-corrected chi connectivity index (χ4v) is 3.38. The molecular weight excluding hydrogens is 464 g/mol. The van der Waals surface area contributed by atoms with E-state index < -0.39 is 87.8 Å². The zero-order valence-corrected chi connectivity index (χ0v) is 17.5. The molecule has 1 heterocycles. The molecule has 0 aromatic carbocycles. The molecule has 1 unspecified atom stereocenters. The molecule has 0 aromatic rings. The van der Waals surface area contributed by atoms with Crippen molar-refractivity contribution in [2.24, 2.45) is 0 Å². The number of carbonyl (C=O) groups is 7. The Morgan fingerprint density at radius 3 is 2.19 bits per heavy atom. The highest BCUT2D eigenvalue weighted by Crippen LogP contribution is 2.22. The molecule has 1 aliphatic rings. The van der Waals surface area contributed by atoms with Crippen molar-refractivity contribution in [3.63, 3.8) is 0 Å². The van der Waals surface area contributed by atoms with Gasteiger partial charge in [0, 0.05) is 6.92 Å². The Morgan fingerprint density at radius 2 is 1.71 bits per heavy atom. The van der Waals surface area contributed by atoms with Crippen LogP contribution in [-0.2, 0) is 43.7 Å². The van der Waals surface area contributed by atoms with E-state index >= 15 is 0 Å². The summed E-state index contributed by atoms with van der Waals surface area (Å²) in [5, 5.41) is 10.2. The average molecular weight is 482 g/mol. The third-order valence-corrected chi connectivity index (χ3v) is 5.43. The fourth-order valence-electron chi connectivity index (χ4n) is 2.19. The molecule has 17 heteroatoms. The maximum Gasteiger partial charge on any atom is 0.322 e. The number of rotatable bonds is 10. The van der Waals surface area contributed by atoms with Crippen LogP contribution in [0.1, 0.15) is 13.3 Å². The van der Waals surface area contributed by atoms with E-state index in [4.69, 9.17) is 9.66 Å². The van der Waals surface area contributed by atoms with Gasteiger partial charge in [0.2, 0.25) is 17.7 Å². The summed E-state index contributed by atoms with van der Waals surface area (Å²) in [6.07, 6.45) is -0.972. The van der Waals surface area contributed by atoms with Crippen molar-refractivity contribution < 1.29 is 51.6 Å². The minimum absolute atomic E-state index is 0.0888. The second-order valence-electron chi connectivity index (χ2n) is 5.93. The van der Waals surface area contributed by atoms with E-state index in [0.717, 1.165) is 6.92 Å². The SMILES string of the molecule is CC(=O)SCC(=O)N(CC(=O)NCC(=O)NCC(=O)O)N1C(=O)CC(S(=O)(=O)O)C1=O. The van der Waals surface area contributed by atoms with Gasteiger partial charge in [-0.2, -0.15) is 13.4 Å². The van der Waals surface area contributed by atoms with Gasteiger partial charge in [0.15, 0.2) is 10.4 Å². The lowest BCUT2D eigenvalue weighted by Crippen LogP contribution is -2.55. The van der Waals surface area contributed by atoms with Gasteiger partial charge in [-0.3, -0.25) is 38.1 Å². The van der Waals surface area contributed by atoms with Gasteiger partial charge in [-0.25, -0.2) is 5.01 Å². The van der Waals surface area contributed by atoms with E-state index in [-0.39, 0.29) is 5.01 Å². The van der Waals surface area contributed by atoms with Crippen LogP contribution >= 0.6 is 11.8 Å². The van der Waals surface area contributed by atoms with Crippen LogP contribution in [0, 0.1) is 0 Å². The van der Waals surface area contributed by atoms with Gasteiger partial charge in [0.1, 0.15) is 13.1 Å². The Kier molecular flexibility index (Phi) is 9.07. The lowest BCUT2D eigenvalue weighted by Gasteiger charge is -2.29. The van der Waals surface area contributed by atoms with Crippen molar-refractivity contribution in [3.05, 3.63) is 0 Å². The molecule has 1 aliphatic heterocycles. The summed E-state index contributed by atoms with van der Waals surface area (Å²) in [6.45, 7) is -1.30. The Bertz CT molecular complexity index is 917. The molecule has 1 saturated heterocycles. The molecule has 1 rings (SSSR count). The molecule has 5 amide bonds. The molecule has 0 bridgehead atoms. The highest BCUT2D eigenvalue weighted by Gasteiger charge is 2.49. The topological polar surface area (TPSA) is 225 Å². The Labute approximate surface area is 179 Å². The number of carboxylic acids is 1. The summed E-state index contributed by atoms with van der Waals surface area (Å²) in [6, 6.07) is 0. The Hall–Kier alpha value is -3.05. The molecule has 172 valence electrons. The number of hydrazine groups is 1. The second-order valence-corrected chi connectivity index (χ2v) is 8.68. The Morgan fingerprint density at radius 1 is 1.13 bits per heavy atom. The minimum atomic E-state index is -4.98. The normalized spacial score (nSPS) is 16.1. The zero-order valence-electron chi connectivity index (χ0n) is 15.9. The first-order chi connectivity index (χ1) is 14.2. The number of nitrogens with one attached hydrogen (secondary N) is 2. The molecule has 31 heavy (non-hydrogen) atoms. The summed E-state index contributed by atoms with van der Waals surface area (Å²) in [4.78, 5) is 81.8. The minimum Gasteiger partial charge on any atom is -0.480 e. The molecular formula is C14H18N4O11S2. The number of carbonyl (C=O) groups excluding carboxylic acids is 6. The first-order valence-corrected chi connectivity index (χ1v) is 10.7. The molecule has 0 spiro atoms. The van der Waals surface area contributed by atoms with Crippen molar-refractivity contribution in [1.82, 2.24) is 20.7 Å². The monoisotopic (exact) mass is 482 g/mol. The van der Waals surface area contributed by atoms with E-state index in [1.807, 2.05) is 10.6 Å². The van der Waals surface area contributed by atoms with Crippen LogP contribution in [-0.4, -0.2) is 99.4 Å². The van der Waals surface area contributed by atoms with Gasteiger partial charge >= 0.3 is 5.97 Å². The fraction of sp³-hybridized carbons (Fsp3) is 0.500. The summed E-state index contributed by atoms with van der Waals surface area (Å²) in [5.41, 5.74) is 0. The van der Waals surface area contributed by atoms with E-state index in [0.29, 0.717) is 16.8 Å². The highest BCUT2D eigenvalue weighted by atomic mass is 32.2. The maximum atomic E-state index is 12.4. The van der Waals surface area contributed by atoms with Crippen molar-refractivity contribution in [2.45, 2.75) is 18.6 Å². The van der Waals surface area contributed by atoms with Crippen LogP contribution < -0.4 is 10.6 Å². The van der Waals surface area contributed by atoms with Crippen molar-refractivity contribution >= 4 is 62.5 Å². The summed E-state index contributed by atoms with van der Waals surface area (Å²) < 4.78 is 31.7. The lowest BCUT2D eigenvalue weighted by molar-refractivity contribution is -0.168. The number of hydrogen-bond acceptors (Lipinski definition) is 10. The molecule has 15 nitrogen and oxygen atoms in total. The van der Waals surface area contributed by atoms with E-state index in [2.05, 4.69) is 0 Å². The van der Waals surface area contributed by atoms with Crippen LogP contribution in [0.5, 0.6) is 0 Å². The largest absolute Gasteiger partial charge is 0.480 e. The van der Waals surface area contributed by atoms with Gasteiger partial charge in [0.05, 0.1) is 18.7 Å². The van der Waals surface area contributed by atoms with Crippen LogP contribution in [0.25, 0.3) is 0 Å². The van der Waals surface area contributed by atoms with Crippen molar-refractivity contribution in [1.29, 1.82) is 0 Å². The number of amides is 5. The van der Waals surface area contributed by atoms with Crippen LogP contribution in [0.15, 0.2) is 0 Å². The van der Waals surface area contributed by atoms with Gasteiger partial charge < -0.3 is 15.7 Å². The molecule has 0 aromatic heterocycles. The van der Waals surface area contributed by atoms with Gasteiger partial charge in [-0.1, -0.05) is 11.8 Å². The van der Waals surface area contributed by atoms with E-state index in [9.17, 15) is 42.0 Å². The third kappa shape index (κ3) is 7.95. The number of imide groups is 1. The summed E-state index contributed by atoms with van der Waals surface area (Å²) in [7, 11) is -4.98. The first-order valence-electron chi connectivity index (χ1n) is 8.26. The van der Waals surface area contributed by atoms with Crippen LogP contribution in [0.4, 0.5) is 0 Å². The van der Waals surface area contributed by atoms with Crippen LogP contribution in [0.3, 0.4) is 0 Å². The predicted molar refractivity (Wildman–Crippen MR) is 100 cm³/mol. The van der Waals surface area contributed by atoms with E-state index in [1.165, 1.54) is 0 Å². The average Bonchev–Trinajstić information content (AvgIpc) is 2.95. The van der Waals surface area contributed by atoms with Gasteiger partial charge in [0.25, 0.3) is 21.9 Å². The molecule has 0 saturated carbocycles. The van der Waals surface area contributed by atoms with Gasteiger partial charge in [-0.05, 0) is 0 Å². The third-order valence-electron chi connectivity index (χ3n) is 3.54. The summed E-state index contributed by atoms with van der Waals surface area (Å²) in [5.74, 6) is -7.64. The standard InChI is InChI=1S/C14H18N4O11S2/c1-7(19)30-6-12(23)17(5-10(21)15-3-9(20)16-4-13(24)25)18-11(22)2-8(14(18)26)31(27,28)29/h8H,2-6H2,1H3,(H,15,21)(H,16,20)(H,24,25)(H,27,28,29). The zero-order chi connectivity index (χ0) is 23.9. The van der Waals surface area contributed by atoms with Gasteiger partial charge in [-0.15, -0.1) is 0 Å². The van der Waals surface area contributed by atoms with E-state index in [1.54, 1.807) is 0 Å². The Balaban J connectivity index is 2.96. The number of carboxylic acid groups (broad SMARTS) is 1. The smallest absolute Gasteiger partial charge is 0.322 e. The molecule has 1 fully saturated rings.